The molecule has 0 aromatic heterocycles. The van der Waals surface area contributed by atoms with Crippen molar-refractivity contribution < 1.29 is 182 Å². The van der Waals surface area contributed by atoms with E-state index in [-0.39, 0.29) is 176 Å². The number of hydrogen-bond acceptors (Lipinski definition) is 36. The van der Waals surface area contributed by atoms with Gasteiger partial charge >= 0.3 is 0 Å². The SMILES string of the molecule is O=C(c1cc(O)c(O)c(Br)c1)c1c(O)c(O)cc(Br)c1Br.O=C(c1cc(O)c(O)c(Br)c1Br)c1cc(O)c(O)c(Br)c1Br.O=C(c1cc(O)c(O)cc1Br)c1c(O)c(O)cc(Br)c1Br.O=C(c1cc(O)c(O)cc1Br)c1cc(O)c(O)cc1Br.O=C(c1ccc(O)c(O)c1)c1c(Br)c(O)c(O)c(O)c1Br.O=C(c1ccc(O)c(O)c1)c1c(O)c(O)cc(Br)c1Br.O=C(c1ccc(O)c(O)c1)c1cc(O)c(O)cc1Br. The lowest BCUT2D eigenvalue weighted by molar-refractivity contribution is 0.102. The molecule has 0 aliphatic rings. The summed E-state index contributed by atoms with van der Waals surface area (Å²) in [4.78, 5) is 86.9. The molecule has 752 valence electrons. The zero-order valence-corrected chi connectivity index (χ0v) is 96.6. The van der Waals surface area contributed by atoms with Gasteiger partial charge in [-0.1, -0.05) is 0 Å². The zero-order chi connectivity index (χ0) is 109. The number of carbonyl (C=O) groups is 7. The van der Waals surface area contributed by atoms with Gasteiger partial charge in [-0.15, -0.1) is 0 Å². The maximum Gasteiger partial charge on any atom is 0.202 e. The lowest BCUT2D eigenvalue weighted by Crippen LogP contribution is -2.04. The minimum Gasteiger partial charge on any atom is -0.504 e. The summed E-state index contributed by atoms with van der Waals surface area (Å²) in [5, 5.41) is 276. The molecule has 0 atom stereocenters. The van der Waals surface area contributed by atoms with Crippen molar-refractivity contribution in [3.05, 3.63) is 300 Å². The molecular weight excluding hydrogens is 3030 g/mol. The van der Waals surface area contributed by atoms with Crippen LogP contribution in [-0.4, -0.2) is 189 Å². The number of aromatic hydroxyl groups is 29. The Morgan fingerprint density at radius 3 is 0.646 bits per heavy atom. The summed E-state index contributed by atoms with van der Waals surface area (Å²) in [5.74, 6) is -17.7. The number of rotatable bonds is 14. The average molecular weight is 3080 g/mol. The van der Waals surface area contributed by atoms with E-state index < -0.39 is 167 Å². The van der Waals surface area contributed by atoms with E-state index in [9.17, 15) is 182 Å². The van der Waals surface area contributed by atoms with Crippen LogP contribution >= 0.6 is 271 Å². The number of carbonyl (C=O) groups excluding carboxylic acids is 7. The number of phenols is 29. The molecule has 14 rings (SSSR count). The molecule has 0 saturated heterocycles. The molecule has 0 radical (unpaired) electrons. The van der Waals surface area contributed by atoms with E-state index in [2.05, 4.69) is 271 Å². The van der Waals surface area contributed by atoms with Gasteiger partial charge in [-0.05, 0) is 416 Å². The number of halogens is 17. The second kappa shape index (κ2) is 49.6. The van der Waals surface area contributed by atoms with Gasteiger partial charge in [0, 0.05) is 109 Å². The fourth-order valence-corrected chi connectivity index (χ4v) is 19.8. The minimum atomic E-state index is -0.779. The highest BCUT2D eigenvalue weighted by Crippen LogP contribution is 2.53. The molecule has 53 heteroatoms. The Morgan fingerprint density at radius 1 is 0.132 bits per heavy atom. The lowest BCUT2D eigenvalue weighted by Gasteiger charge is -2.12. The van der Waals surface area contributed by atoms with Crippen LogP contribution in [0, 0.1) is 0 Å². The van der Waals surface area contributed by atoms with E-state index in [1.807, 2.05) is 0 Å². The monoisotopic (exact) mass is 3060 g/mol. The smallest absolute Gasteiger partial charge is 0.202 e. The van der Waals surface area contributed by atoms with Crippen molar-refractivity contribution in [3.8, 4) is 167 Å². The maximum absolute atomic E-state index is 12.6. The minimum absolute atomic E-state index is 0.0104. The first kappa shape index (κ1) is 118. The van der Waals surface area contributed by atoms with E-state index >= 15 is 0 Å². The van der Waals surface area contributed by atoms with E-state index in [0.717, 1.165) is 78.9 Å². The van der Waals surface area contributed by atoms with Gasteiger partial charge in [-0.25, -0.2) is 0 Å². The molecule has 0 amide bonds. The topological polar surface area (TPSA) is 706 Å². The molecule has 0 spiro atoms. The number of ketones is 7. The van der Waals surface area contributed by atoms with Crippen LogP contribution in [0.2, 0.25) is 0 Å². The number of hydrogen-bond donors (Lipinski definition) is 29. The molecule has 0 fully saturated rings. The van der Waals surface area contributed by atoms with Gasteiger partial charge in [0.15, 0.2) is 201 Å². The summed E-state index contributed by atoms with van der Waals surface area (Å²) in [7, 11) is 0. The summed E-state index contributed by atoms with van der Waals surface area (Å²) in [6.07, 6.45) is 0. The molecule has 0 aliphatic heterocycles. The summed E-state index contributed by atoms with van der Waals surface area (Å²) >= 11 is 52.7. The first-order chi connectivity index (χ1) is 66.9. The van der Waals surface area contributed by atoms with E-state index in [1.54, 1.807) is 0 Å². The van der Waals surface area contributed by atoms with E-state index in [4.69, 9.17) is 0 Å². The van der Waals surface area contributed by atoms with E-state index in [1.165, 1.54) is 66.7 Å². The van der Waals surface area contributed by atoms with Crippen molar-refractivity contribution in [1.82, 2.24) is 0 Å². The molecule has 14 aromatic carbocycles. The van der Waals surface area contributed by atoms with Crippen LogP contribution < -0.4 is 0 Å². The summed E-state index contributed by atoms with van der Waals surface area (Å²) in [6, 6.07) is 28.0. The van der Waals surface area contributed by atoms with Crippen LogP contribution in [0.4, 0.5) is 0 Å². The van der Waals surface area contributed by atoms with Crippen LogP contribution in [0.5, 0.6) is 167 Å². The quantitative estimate of drug-likeness (QED) is 0.0355. The molecule has 0 bridgehead atoms. The Bertz CT molecular complexity index is 7400. The molecule has 0 aliphatic carbocycles. The first-order valence-corrected chi connectivity index (χ1v) is 51.0. The predicted octanol–water partition coefficient (Wildman–Crippen LogP) is 24.8. The highest BCUT2D eigenvalue weighted by molar-refractivity contribution is 9.15. The molecule has 14 aromatic rings. The van der Waals surface area contributed by atoms with E-state index in [0.29, 0.717) is 17.9 Å². The third-order valence-electron chi connectivity index (χ3n) is 18.8. The normalized spacial score (nSPS) is 10.6. The number of benzene rings is 14. The molecule has 0 saturated carbocycles. The van der Waals surface area contributed by atoms with Gasteiger partial charge < -0.3 is 148 Å². The molecule has 29 N–H and O–H groups in total. The Morgan fingerprint density at radius 2 is 0.347 bits per heavy atom. The second-order valence-corrected chi connectivity index (χ2v) is 42.1. The van der Waals surface area contributed by atoms with Crippen LogP contribution in [-0.2, 0) is 0 Å². The van der Waals surface area contributed by atoms with Gasteiger partial charge in [-0.2, -0.15) is 0 Å². The Hall–Kier alpha value is -10.9. The summed E-state index contributed by atoms with van der Waals surface area (Å²) < 4.78 is 3.63. The highest BCUT2D eigenvalue weighted by atomic mass is 79.9. The van der Waals surface area contributed by atoms with Gasteiger partial charge in [-0.3, -0.25) is 33.6 Å². The summed E-state index contributed by atoms with van der Waals surface area (Å²) in [6.45, 7) is 0. The lowest BCUT2D eigenvalue weighted by atomic mass is 10.0. The Balaban J connectivity index is 0.000000205. The zero-order valence-electron chi connectivity index (χ0n) is 69.6. The molecule has 144 heavy (non-hydrogen) atoms. The largest absolute Gasteiger partial charge is 0.504 e. The summed E-state index contributed by atoms with van der Waals surface area (Å²) in [5.41, 5.74) is 0.0363. The van der Waals surface area contributed by atoms with Crippen molar-refractivity contribution in [2.75, 3.05) is 0 Å². The van der Waals surface area contributed by atoms with Crippen molar-refractivity contribution in [2.45, 2.75) is 0 Å². The van der Waals surface area contributed by atoms with Gasteiger partial charge in [0.05, 0.1) is 44.6 Å². The van der Waals surface area contributed by atoms with Crippen LogP contribution in [0.1, 0.15) is 111 Å². The molecule has 36 nitrogen and oxygen atoms in total. The fourth-order valence-electron chi connectivity index (χ4n) is 11.4. The molecular formula is C91H53Br17O36. The van der Waals surface area contributed by atoms with Gasteiger partial charge in [0.1, 0.15) is 0 Å². The third-order valence-corrected chi connectivity index (χ3v) is 33.8. The fraction of sp³-hybridized carbons (Fsp3) is 0. The van der Waals surface area contributed by atoms with Crippen molar-refractivity contribution in [2.24, 2.45) is 0 Å². The van der Waals surface area contributed by atoms with Gasteiger partial charge in [0.2, 0.25) is 5.75 Å². The van der Waals surface area contributed by atoms with Gasteiger partial charge in [0.25, 0.3) is 0 Å². The Kier molecular flexibility index (Phi) is 40.7. The molecule has 0 heterocycles. The maximum atomic E-state index is 12.6. The number of phenolic OH excluding ortho intramolecular Hbond substituents is 29. The van der Waals surface area contributed by atoms with Crippen molar-refractivity contribution in [1.29, 1.82) is 0 Å². The average Bonchev–Trinajstić information content (AvgIpc) is 0.778. The second-order valence-electron chi connectivity index (χ2n) is 28.2. The standard InChI is InChI=1S/C13H6Br4O5.2C13H7Br3O5.C13H8Br2O6.2C13H8Br2O5.C13H9BrO5/c14-7-3(1-5(18)12(21)9(7)16)11(20)4-2-6(19)13(22)10(17)8(4)15;14-5-2-8(18)7(17)1-4(5)12(20)10-11(16)6(15)3-9(19)13(10)21;14-5-3-8(18)13(21)9(10(5)16)11(19)4-1-6(15)12(20)7(17)2-4;14-8-7(9(15)12(20)13(21)11(8)19)10(18)4-1-2-5(16)6(17)3-4;14-7-3-11(18)9(16)1-5(7)13(20)6-2-10(17)12(19)4-8(6)15;14-6-4-9(18)13(20)10(11(6)15)12(19)5-1-2-7(16)8(17)3-5;14-8-5-12(18)11(17)4-7(8)13(19)6-1-2-9(15)10(16)3-6/h1-2,18-19,21-22H;1-3,17-19,21H;1-3,17-18,20-21H;1-3,16-17,19-21H;1-4,16-19H;1-4,16-18,20H;1-5,15-18H. The first-order valence-electron chi connectivity index (χ1n) is 37.5. The third kappa shape index (κ3) is 26.7. The molecule has 0 unspecified atom stereocenters. The van der Waals surface area contributed by atoms with Crippen molar-refractivity contribution in [3.63, 3.8) is 0 Å². The Labute approximate surface area is 948 Å². The highest BCUT2D eigenvalue weighted by Gasteiger charge is 2.33. The van der Waals surface area contributed by atoms with Crippen LogP contribution in [0.25, 0.3) is 0 Å². The van der Waals surface area contributed by atoms with Crippen molar-refractivity contribution >= 4 is 311 Å². The predicted molar refractivity (Wildman–Crippen MR) is 573 cm³/mol. The van der Waals surface area contributed by atoms with Crippen LogP contribution in [0.15, 0.2) is 222 Å². The van der Waals surface area contributed by atoms with Crippen LogP contribution in [0.3, 0.4) is 0 Å².